The number of benzene rings is 1. The van der Waals surface area contributed by atoms with Crippen LogP contribution in [0, 0.1) is 0 Å². The Bertz CT molecular complexity index is 460. The molecule has 1 fully saturated rings. The first-order valence-electron chi connectivity index (χ1n) is 8.05. The molecule has 0 radical (unpaired) electrons. The summed E-state index contributed by atoms with van der Waals surface area (Å²) in [5.74, 6) is 1.07. The Morgan fingerprint density at radius 3 is 3.10 bits per heavy atom. The minimum atomic E-state index is 0.254. The van der Waals surface area contributed by atoms with Crippen LogP contribution in [0.25, 0.3) is 0 Å². The molecule has 2 N–H and O–H groups in total. The summed E-state index contributed by atoms with van der Waals surface area (Å²) in [6.45, 7) is 5.41. The second-order valence-electron chi connectivity index (χ2n) is 6.11. The number of hydrogen-bond acceptors (Lipinski definition) is 3. The molecular formula is C17H26N2O. The largest absolute Gasteiger partial charge is 0.493 e. The van der Waals surface area contributed by atoms with Gasteiger partial charge >= 0.3 is 0 Å². The maximum absolute atomic E-state index is 6.50. The predicted molar refractivity (Wildman–Crippen MR) is 82.1 cm³/mol. The van der Waals surface area contributed by atoms with Crippen molar-refractivity contribution in [3.63, 3.8) is 0 Å². The standard InChI is InChI=1S/C17H26N2O/c1-2-9-19-10-4-3-5-15(18)17(19)14-6-7-16-13(12-14)8-11-20-16/h6-7,12,15,17H,2-5,8-11,18H2,1H3. The van der Waals surface area contributed by atoms with Crippen LogP contribution in [0.1, 0.15) is 49.8 Å². The molecule has 1 aromatic carbocycles. The molecule has 3 nitrogen and oxygen atoms in total. The van der Waals surface area contributed by atoms with Gasteiger partial charge in [-0.15, -0.1) is 0 Å². The van der Waals surface area contributed by atoms with Gasteiger partial charge < -0.3 is 10.5 Å². The van der Waals surface area contributed by atoms with Crippen molar-refractivity contribution in [2.24, 2.45) is 5.73 Å². The van der Waals surface area contributed by atoms with Gasteiger partial charge in [0.15, 0.2) is 0 Å². The summed E-state index contributed by atoms with van der Waals surface area (Å²) in [5.41, 5.74) is 9.25. The molecule has 0 amide bonds. The lowest BCUT2D eigenvalue weighted by molar-refractivity contribution is 0.185. The summed E-state index contributed by atoms with van der Waals surface area (Å²) >= 11 is 0. The maximum Gasteiger partial charge on any atom is 0.122 e. The summed E-state index contributed by atoms with van der Waals surface area (Å²) < 4.78 is 5.62. The van der Waals surface area contributed by atoms with Gasteiger partial charge in [0.1, 0.15) is 5.75 Å². The van der Waals surface area contributed by atoms with E-state index in [1.54, 1.807) is 0 Å². The first kappa shape index (κ1) is 13.9. The molecule has 20 heavy (non-hydrogen) atoms. The average Bonchev–Trinajstić information content (AvgIpc) is 2.83. The highest BCUT2D eigenvalue weighted by Crippen LogP contribution is 2.34. The van der Waals surface area contributed by atoms with Gasteiger partial charge in [-0.2, -0.15) is 0 Å². The number of fused-ring (bicyclic) bond motifs is 1. The Hall–Kier alpha value is -1.06. The van der Waals surface area contributed by atoms with Crippen molar-refractivity contribution in [2.75, 3.05) is 19.7 Å². The second kappa shape index (κ2) is 6.15. The number of likely N-dealkylation sites (tertiary alicyclic amines) is 1. The van der Waals surface area contributed by atoms with Gasteiger partial charge in [-0.1, -0.05) is 25.5 Å². The molecule has 0 aliphatic carbocycles. The Kier molecular flexibility index (Phi) is 4.27. The normalized spacial score (nSPS) is 26.9. The van der Waals surface area contributed by atoms with Crippen LogP contribution in [0.4, 0.5) is 0 Å². The van der Waals surface area contributed by atoms with E-state index in [1.165, 1.54) is 36.9 Å². The molecule has 110 valence electrons. The monoisotopic (exact) mass is 274 g/mol. The molecule has 1 saturated heterocycles. The van der Waals surface area contributed by atoms with Crippen molar-refractivity contribution in [1.29, 1.82) is 0 Å². The summed E-state index contributed by atoms with van der Waals surface area (Å²) in [6.07, 6.45) is 5.90. The van der Waals surface area contributed by atoms with Crippen LogP contribution in [0.2, 0.25) is 0 Å². The first-order chi connectivity index (χ1) is 9.79. The Morgan fingerprint density at radius 1 is 1.35 bits per heavy atom. The number of rotatable bonds is 3. The van der Waals surface area contributed by atoms with Crippen LogP contribution in [-0.4, -0.2) is 30.6 Å². The lowest BCUT2D eigenvalue weighted by atomic mass is 9.94. The van der Waals surface area contributed by atoms with E-state index in [4.69, 9.17) is 10.5 Å². The van der Waals surface area contributed by atoms with Gasteiger partial charge in [-0.3, -0.25) is 4.90 Å². The summed E-state index contributed by atoms with van der Waals surface area (Å²) in [7, 11) is 0. The Morgan fingerprint density at radius 2 is 2.25 bits per heavy atom. The van der Waals surface area contributed by atoms with E-state index < -0.39 is 0 Å². The fourth-order valence-corrected chi connectivity index (χ4v) is 3.65. The van der Waals surface area contributed by atoms with Crippen molar-refractivity contribution >= 4 is 0 Å². The molecule has 1 aromatic rings. The van der Waals surface area contributed by atoms with E-state index in [-0.39, 0.29) is 6.04 Å². The molecule has 3 heteroatoms. The van der Waals surface area contributed by atoms with E-state index in [2.05, 4.69) is 30.0 Å². The molecule has 2 aliphatic rings. The third-order valence-electron chi connectivity index (χ3n) is 4.60. The fraction of sp³-hybridized carbons (Fsp3) is 0.647. The zero-order chi connectivity index (χ0) is 13.9. The molecule has 3 rings (SSSR count). The number of hydrogen-bond donors (Lipinski definition) is 1. The second-order valence-corrected chi connectivity index (χ2v) is 6.11. The maximum atomic E-state index is 6.50. The zero-order valence-electron chi connectivity index (χ0n) is 12.5. The van der Waals surface area contributed by atoms with Crippen LogP contribution in [0.3, 0.4) is 0 Å². The van der Waals surface area contributed by atoms with Crippen LogP contribution >= 0.6 is 0 Å². The molecule has 0 saturated carbocycles. The van der Waals surface area contributed by atoms with Crippen LogP contribution in [0.5, 0.6) is 5.75 Å². The van der Waals surface area contributed by atoms with E-state index in [0.717, 1.165) is 31.7 Å². The van der Waals surface area contributed by atoms with Crippen molar-refractivity contribution < 1.29 is 4.74 Å². The SMILES string of the molecule is CCCN1CCCCC(N)C1c1ccc2c(c1)CCO2. The Labute approximate surface area is 122 Å². The molecule has 0 aromatic heterocycles. The average molecular weight is 274 g/mol. The first-order valence-corrected chi connectivity index (χ1v) is 8.05. The third-order valence-corrected chi connectivity index (χ3v) is 4.60. The predicted octanol–water partition coefficient (Wildman–Crippen LogP) is 2.89. The quantitative estimate of drug-likeness (QED) is 0.921. The van der Waals surface area contributed by atoms with Crippen molar-refractivity contribution in [3.8, 4) is 5.75 Å². The highest BCUT2D eigenvalue weighted by Gasteiger charge is 2.29. The minimum Gasteiger partial charge on any atom is -0.493 e. The smallest absolute Gasteiger partial charge is 0.122 e. The summed E-state index contributed by atoms with van der Waals surface area (Å²) in [4.78, 5) is 2.59. The van der Waals surface area contributed by atoms with E-state index >= 15 is 0 Å². The van der Waals surface area contributed by atoms with Crippen molar-refractivity contribution in [3.05, 3.63) is 29.3 Å². The molecule has 0 bridgehead atoms. The van der Waals surface area contributed by atoms with Crippen LogP contribution < -0.4 is 10.5 Å². The topological polar surface area (TPSA) is 38.5 Å². The zero-order valence-corrected chi connectivity index (χ0v) is 12.5. The van der Waals surface area contributed by atoms with Gasteiger partial charge in [0.05, 0.1) is 6.61 Å². The van der Waals surface area contributed by atoms with Gasteiger partial charge in [-0.25, -0.2) is 0 Å². The van der Waals surface area contributed by atoms with E-state index in [0.29, 0.717) is 6.04 Å². The lowest BCUT2D eigenvalue weighted by Crippen LogP contribution is -2.40. The minimum absolute atomic E-state index is 0.254. The highest BCUT2D eigenvalue weighted by molar-refractivity contribution is 5.41. The van der Waals surface area contributed by atoms with Gasteiger partial charge in [0.25, 0.3) is 0 Å². The van der Waals surface area contributed by atoms with Crippen LogP contribution in [-0.2, 0) is 6.42 Å². The number of nitrogens with zero attached hydrogens (tertiary/aromatic N) is 1. The molecule has 2 aliphatic heterocycles. The van der Waals surface area contributed by atoms with E-state index in [1.807, 2.05) is 0 Å². The van der Waals surface area contributed by atoms with Crippen LogP contribution in [0.15, 0.2) is 18.2 Å². The molecule has 2 atom stereocenters. The molecule has 2 heterocycles. The summed E-state index contributed by atoms with van der Waals surface area (Å²) in [5, 5.41) is 0. The van der Waals surface area contributed by atoms with Crippen molar-refractivity contribution in [1.82, 2.24) is 4.90 Å². The number of nitrogens with two attached hydrogens (primary N) is 1. The van der Waals surface area contributed by atoms with Gasteiger partial charge in [0.2, 0.25) is 0 Å². The number of ether oxygens (including phenoxy) is 1. The third kappa shape index (κ3) is 2.70. The lowest BCUT2D eigenvalue weighted by Gasteiger charge is -2.33. The molecule has 2 unspecified atom stereocenters. The highest BCUT2D eigenvalue weighted by atomic mass is 16.5. The Balaban J connectivity index is 1.90. The fourth-order valence-electron chi connectivity index (χ4n) is 3.65. The summed E-state index contributed by atoms with van der Waals surface area (Å²) in [6, 6.07) is 7.33. The molecular weight excluding hydrogens is 248 g/mol. The molecule has 0 spiro atoms. The van der Waals surface area contributed by atoms with Gasteiger partial charge in [0, 0.05) is 18.5 Å². The van der Waals surface area contributed by atoms with Gasteiger partial charge in [-0.05, 0) is 49.5 Å². The van der Waals surface area contributed by atoms with E-state index in [9.17, 15) is 0 Å². The van der Waals surface area contributed by atoms with Crippen molar-refractivity contribution in [2.45, 2.75) is 51.1 Å².